The Kier molecular flexibility index (Phi) is 3.46. The fourth-order valence-corrected chi connectivity index (χ4v) is 1.30. The fraction of sp³-hybridized carbons (Fsp3) is 0.182. The monoisotopic (exact) mass is 232 g/mol. The summed E-state index contributed by atoms with van der Waals surface area (Å²) in [5, 5.41) is 3.99. The summed E-state index contributed by atoms with van der Waals surface area (Å²) in [6, 6.07) is 6.97. The van der Waals surface area contributed by atoms with Crippen LogP contribution >= 0.6 is 0 Å². The van der Waals surface area contributed by atoms with Gasteiger partial charge in [-0.1, -0.05) is 0 Å². The lowest BCUT2D eigenvalue weighted by molar-refractivity contribution is 0.0364. The van der Waals surface area contributed by atoms with Crippen molar-refractivity contribution in [2.24, 2.45) is 0 Å². The Balaban J connectivity index is 2.10. The third-order valence-corrected chi connectivity index (χ3v) is 2.12. The summed E-state index contributed by atoms with van der Waals surface area (Å²) in [4.78, 5) is 20.2. The molecule has 6 nitrogen and oxygen atoms in total. The standard InChI is InChI=1S/C11H12N4O2/c1-2-17-14-11(16)9-3-5-10(6-4-9)15-8-12-7-13-15/h3-8H,2H2,1H3,(H,14,16). The number of carbonyl (C=O) groups excluding carboxylic acids is 1. The molecule has 0 atom stereocenters. The van der Waals surface area contributed by atoms with Gasteiger partial charge in [-0.15, -0.1) is 0 Å². The Morgan fingerprint density at radius 3 is 2.76 bits per heavy atom. The zero-order valence-electron chi connectivity index (χ0n) is 9.33. The molecule has 6 heteroatoms. The van der Waals surface area contributed by atoms with Crippen molar-refractivity contribution in [3.63, 3.8) is 0 Å². The van der Waals surface area contributed by atoms with E-state index in [-0.39, 0.29) is 5.91 Å². The topological polar surface area (TPSA) is 69.0 Å². The summed E-state index contributed by atoms with van der Waals surface area (Å²) >= 11 is 0. The van der Waals surface area contributed by atoms with Gasteiger partial charge in [0.15, 0.2) is 0 Å². The number of amides is 1. The molecule has 0 aliphatic carbocycles. The van der Waals surface area contributed by atoms with Crippen LogP contribution in [0.5, 0.6) is 0 Å². The lowest BCUT2D eigenvalue weighted by Gasteiger charge is -2.04. The van der Waals surface area contributed by atoms with Gasteiger partial charge in [0.05, 0.1) is 12.3 Å². The van der Waals surface area contributed by atoms with Gasteiger partial charge in [-0.3, -0.25) is 9.63 Å². The zero-order valence-corrected chi connectivity index (χ0v) is 9.33. The van der Waals surface area contributed by atoms with Crippen LogP contribution in [0.1, 0.15) is 17.3 Å². The zero-order chi connectivity index (χ0) is 12.1. The SMILES string of the molecule is CCONC(=O)c1ccc(-n2cncn2)cc1. The largest absolute Gasteiger partial charge is 0.274 e. The van der Waals surface area contributed by atoms with Crippen LogP contribution in [0.25, 0.3) is 5.69 Å². The summed E-state index contributed by atoms with van der Waals surface area (Å²) in [7, 11) is 0. The van der Waals surface area contributed by atoms with Gasteiger partial charge in [0.1, 0.15) is 12.7 Å². The van der Waals surface area contributed by atoms with E-state index >= 15 is 0 Å². The third-order valence-electron chi connectivity index (χ3n) is 2.12. The lowest BCUT2D eigenvalue weighted by atomic mass is 10.2. The highest BCUT2D eigenvalue weighted by Crippen LogP contribution is 2.07. The number of hydrogen-bond donors (Lipinski definition) is 1. The average Bonchev–Trinajstić information content (AvgIpc) is 2.90. The van der Waals surface area contributed by atoms with Gasteiger partial charge in [0.25, 0.3) is 5.91 Å². The minimum atomic E-state index is -0.267. The number of aromatic nitrogens is 3. The van der Waals surface area contributed by atoms with Crippen molar-refractivity contribution in [3.8, 4) is 5.69 Å². The van der Waals surface area contributed by atoms with Crippen LogP contribution in [0.2, 0.25) is 0 Å². The van der Waals surface area contributed by atoms with Gasteiger partial charge >= 0.3 is 0 Å². The number of nitrogens with zero attached hydrogens (tertiary/aromatic N) is 3. The van der Waals surface area contributed by atoms with E-state index in [2.05, 4.69) is 15.6 Å². The van der Waals surface area contributed by atoms with Crippen molar-refractivity contribution >= 4 is 5.91 Å². The maximum atomic E-state index is 11.5. The van der Waals surface area contributed by atoms with Gasteiger partial charge in [-0.2, -0.15) is 5.10 Å². The molecule has 1 aromatic heterocycles. The van der Waals surface area contributed by atoms with Gasteiger partial charge in [-0.25, -0.2) is 15.1 Å². The number of hydroxylamine groups is 1. The normalized spacial score (nSPS) is 10.2. The van der Waals surface area contributed by atoms with E-state index in [4.69, 9.17) is 4.84 Å². The number of rotatable bonds is 4. The average molecular weight is 232 g/mol. The van der Waals surface area contributed by atoms with E-state index in [9.17, 15) is 4.79 Å². The molecule has 88 valence electrons. The summed E-state index contributed by atoms with van der Waals surface area (Å²) < 4.78 is 1.62. The second kappa shape index (κ2) is 5.22. The molecule has 1 amide bonds. The molecule has 2 rings (SSSR count). The molecule has 0 saturated heterocycles. The van der Waals surface area contributed by atoms with Gasteiger partial charge in [-0.05, 0) is 31.2 Å². The molecule has 0 unspecified atom stereocenters. The van der Waals surface area contributed by atoms with Crippen LogP contribution in [0.3, 0.4) is 0 Å². The van der Waals surface area contributed by atoms with Crippen molar-refractivity contribution in [2.75, 3.05) is 6.61 Å². The van der Waals surface area contributed by atoms with Crippen molar-refractivity contribution in [1.29, 1.82) is 0 Å². The molecule has 0 spiro atoms. The van der Waals surface area contributed by atoms with Crippen LogP contribution in [0.15, 0.2) is 36.9 Å². The minimum Gasteiger partial charge on any atom is -0.274 e. The molecular weight excluding hydrogens is 220 g/mol. The van der Waals surface area contributed by atoms with Gasteiger partial charge < -0.3 is 0 Å². The summed E-state index contributed by atoms with van der Waals surface area (Å²) in [5.74, 6) is -0.267. The lowest BCUT2D eigenvalue weighted by Crippen LogP contribution is -2.23. The molecule has 1 aromatic carbocycles. The van der Waals surface area contributed by atoms with E-state index < -0.39 is 0 Å². The van der Waals surface area contributed by atoms with Crippen LogP contribution in [-0.2, 0) is 4.84 Å². The first-order valence-electron chi connectivity index (χ1n) is 5.18. The molecule has 0 bridgehead atoms. The highest BCUT2D eigenvalue weighted by atomic mass is 16.6. The second-order valence-corrected chi connectivity index (χ2v) is 3.25. The second-order valence-electron chi connectivity index (χ2n) is 3.25. The Bertz CT molecular complexity index is 479. The number of nitrogens with one attached hydrogen (secondary N) is 1. The molecule has 1 heterocycles. The molecule has 0 aliphatic heterocycles. The van der Waals surface area contributed by atoms with Crippen molar-refractivity contribution < 1.29 is 9.63 Å². The number of hydrogen-bond acceptors (Lipinski definition) is 4. The highest BCUT2D eigenvalue weighted by molar-refractivity contribution is 5.93. The van der Waals surface area contributed by atoms with Crippen LogP contribution in [-0.4, -0.2) is 27.3 Å². The molecule has 1 N–H and O–H groups in total. The summed E-state index contributed by atoms with van der Waals surface area (Å²) in [6.07, 6.45) is 3.05. The molecule has 0 fully saturated rings. The summed E-state index contributed by atoms with van der Waals surface area (Å²) in [6.45, 7) is 2.23. The van der Waals surface area contributed by atoms with Crippen molar-refractivity contribution in [1.82, 2.24) is 20.2 Å². The third kappa shape index (κ3) is 2.67. The van der Waals surface area contributed by atoms with E-state index in [0.717, 1.165) is 5.69 Å². The van der Waals surface area contributed by atoms with Crippen molar-refractivity contribution in [3.05, 3.63) is 42.5 Å². The molecule has 17 heavy (non-hydrogen) atoms. The Labute approximate surface area is 98.2 Å². The van der Waals surface area contributed by atoms with E-state index in [0.29, 0.717) is 12.2 Å². The van der Waals surface area contributed by atoms with Crippen LogP contribution < -0.4 is 5.48 Å². The molecular formula is C11H12N4O2. The first kappa shape index (κ1) is 11.3. The smallest absolute Gasteiger partial charge is 0.274 e. The maximum Gasteiger partial charge on any atom is 0.274 e. The number of carbonyl (C=O) groups is 1. The predicted molar refractivity (Wildman–Crippen MR) is 60.5 cm³/mol. The van der Waals surface area contributed by atoms with Crippen molar-refractivity contribution in [2.45, 2.75) is 6.92 Å². The van der Waals surface area contributed by atoms with Crippen LogP contribution in [0.4, 0.5) is 0 Å². The number of benzene rings is 1. The van der Waals surface area contributed by atoms with E-state index in [1.807, 2.05) is 0 Å². The fourth-order valence-electron chi connectivity index (χ4n) is 1.30. The first-order valence-corrected chi connectivity index (χ1v) is 5.18. The Hall–Kier alpha value is -2.21. The first-order chi connectivity index (χ1) is 8.31. The van der Waals surface area contributed by atoms with E-state index in [1.165, 1.54) is 6.33 Å². The van der Waals surface area contributed by atoms with Crippen LogP contribution in [0, 0.1) is 0 Å². The minimum absolute atomic E-state index is 0.267. The predicted octanol–water partition coefficient (Wildman–Crippen LogP) is 0.949. The highest BCUT2D eigenvalue weighted by Gasteiger charge is 2.05. The van der Waals surface area contributed by atoms with E-state index in [1.54, 1.807) is 42.2 Å². The van der Waals surface area contributed by atoms with Gasteiger partial charge in [0.2, 0.25) is 0 Å². The quantitative estimate of drug-likeness (QED) is 0.797. The molecule has 0 saturated carbocycles. The Morgan fingerprint density at radius 1 is 1.41 bits per heavy atom. The molecule has 2 aromatic rings. The summed E-state index contributed by atoms with van der Waals surface area (Å²) in [5.41, 5.74) is 3.70. The Morgan fingerprint density at radius 2 is 2.18 bits per heavy atom. The molecule has 0 radical (unpaired) electrons. The van der Waals surface area contributed by atoms with Gasteiger partial charge in [0, 0.05) is 5.56 Å². The molecule has 0 aliphatic rings. The maximum absolute atomic E-state index is 11.5.